The van der Waals surface area contributed by atoms with Gasteiger partial charge < -0.3 is 19.5 Å². The molecule has 0 aromatic heterocycles. The summed E-state index contributed by atoms with van der Waals surface area (Å²) in [4.78, 5) is 0. The van der Waals surface area contributed by atoms with Gasteiger partial charge in [-0.1, -0.05) is 36.4 Å². The first-order valence-electron chi connectivity index (χ1n) is 7.89. The number of methoxy groups -OCH3 is 1. The summed E-state index contributed by atoms with van der Waals surface area (Å²) in [5, 5.41) is 19.7. The van der Waals surface area contributed by atoms with Crippen molar-refractivity contribution < 1.29 is 19.5 Å². The molecule has 4 aliphatic carbocycles. The summed E-state index contributed by atoms with van der Waals surface area (Å²) >= 11 is 0. The first-order valence-corrected chi connectivity index (χ1v) is 7.89. The van der Waals surface area contributed by atoms with Gasteiger partial charge in [0, 0.05) is 12.6 Å². The minimum Gasteiger partial charge on any atom is -0.468 e. The van der Waals surface area contributed by atoms with Gasteiger partial charge in [-0.3, -0.25) is 0 Å². The van der Waals surface area contributed by atoms with Crippen molar-refractivity contribution in [3.8, 4) is 5.75 Å². The van der Waals surface area contributed by atoms with Crippen molar-refractivity contribution in [3.63, 3.8) is 0 Å². The van der Waals surface area contributed by atoms with E-state index in [2.05, 4.69) is 24.3 Å². The number of ether oxygens (including phenoxy) is 2. The third kappa shape index (κ3) is 3.58. The Bertz CT molecular complexity index is 667. The van der Waals surface area contributed by atoms with E-state index in [0.29, 0.717) is 11.2 Å². The highest BCUT2D eigenvalue weighted by Crippen LogP contribution is 2.23. The average molecular weight is 312 g/mol. The van der Waals surface area contributed by atoms with Crippen LogP contribution in [0.25, 0.3) is 0 Å². The molecule has 2 aromatic carbocycles. The molecule has 0 saturated carbocycles. The molecule has 120 valence electrons. The van der Waals surface area contributed by atoms with Crippen molar-refractivity contribution >= 4 is 12.6 Å². The molecule has 23 heavy (non-hydrogen) atoms. The lowest BCUT2D eigenvalue weighted by atomic mass is 9.73. The van der Waals surface area contributed by atoms with Gasteiger partial charge in [0.25, 0.3) is 0 Å². The second-order valence-electron chi connectivity index (χ2n) is 5.87. The lowest BCUT2D eigenvalue weighted by Crippen LogP contribution is -2.36. The Kier molecular flexibility index (Phi) is 5.01. The normalized spacial score (nSPS) is 13.5. The zero-order valence-corrected chi connectivity index (χ0v) is 13.3. The highest BCUT2D eigenvalue weighted by atomic mass is 16.7. The van der Waals surface area contributed by atoms with Crippen LogP contribution in [-0.2, 0) is 30.4 Å². The van der Waals surface area contributed by atoms with Gasteiger partial charge in [-0.05, 0) is 47.9 Å². The van der Waals surface area contributed by atoms with E-state index in [4.69, 9.17) is 9.47 Å². The van der Waals surface area contributed by atoms with Gasteiger partial charge in [0.1, 0.15) is 5.75 Å². The van der Waals surface area contributed by atoms with Crippen LogP contribution in [0.2, 0.25) is 0 Å². The third-order valence-corrected chi connectivity index (χ3v) is 4.34. The fourth-order valence-electron chi connectivity index (χ4n) is 3.10. The predicted octanol–water partition coefficient (Wildman–Crippen LogP) is 1.23. The van der Waals surface area contributed by atoms with E-state index >= 15 is 0 Å². The van der Waals surface area contributed by atoms with E-state index in [1.807, 2.05) is 12.1 Å². The SMILES string of the molecule is COCOc1c2ccc(c1B(O)O)CCc1ccc(cc1)CC2. The maximum Gasteiger partial charge on any atom is 0.492 e. The molecule has 2 N–H and O–H groups in total. The van der Waals surface area contributed by atoms with E-state index in [-0.39, 0.29) is 6.79 Å². The second kappa shape index (κ2) is 7.17. The van der Waals surface area contributed by atoms with Crippen molar-refractivity contribution in [2.24, 2.45) is 0 Å². The van der Waals surface area contributed by atoms with Gasteiger partial charge in [-0.25, -0.2) is 0 Å². The smallest absolute Gasteiger partial charge is 0.468 e. The van der Waals surface area contributed by atoms with Gasteiger partial charge in [0.05, 0.1) is 0 Å². The monoisotopic (exact) mass is 312 g/mol. The van der Waals surface area contributed by atoms with E-state index < -0.39 is 7.12 Å². The van der Waals surface area contributed by atoms with Crippen molar-refractivity contribution in [1.82, 2.24) is 0 Å². The van der Waals surface area contributed by atoms with Crippen LogP contribution in [0.5, 0.6) is 5.75 Å². The molecule has 0 unspecified atom stereocenters. The molecule has 0 amide bonds. The minimum atomic E-state index is -1.55. The summed E-state index contributed by atoms with van der Waals surface area (Å²) in [6.45, 7) is 0.0872. The molecule has 0 fully saturated rings. The zero-order chi connectivity index (χ0) is 16.2. The maximum atomic E-state index is 9.87. The fourth-order valence-corrected chi connectivity index (χ4v) is 3.10. The molecule has 4 aliphatic rings. The van der Waals surface area contributed by atoms with E-state index in [0.717, 1.165) is 36.8 Å². The predicted molar refractivity (Wildman–Crippen MR) is 90.0 cm³/mol. The Hall–Kier alpha value is -1.82. The van der Waals surface area contributed by atoms with Gasteiger partial charge in [0.15, 0.2) is 6.79 Å². The van der Waals surface area contributed by atoms with Crippen LogP contribution in [-0.4, -0.2) is 31.1 Å². The molecule has 0 atom stereocenters. The van der Waals surface area contributed by atoms with Gasteiger partial charge >= 0.3 is 7.12 Å². The lowest BCUT2D eigenvalue weighted by Gasteiger charge is -2.20. The van der Waals surface area contributed by atoms with E-state index in [1.54, 1.807) is 7.11 Å². The second-order valence-corrected chi connectivity index (χ2v) is 5.87. The van der Waals surface area contributed by atoms with E-state index in [1.165, 1.54) is 11.1 Å². The number of hydrogen-bond acceptors (Lipinski definition) is 4. The fraction of sp³-hybridized carbons (Fsp3) is 0.333. The third-order valence-electron chi connectivity index (χ3n) is 4.34. The van der Waals surface area contributed by atoms with Crippen molar-refractivity contribution in [3.05, 3.63) is 58.7 Å². The molecule has 0 spiro atoms. The molecule has 0 radical (unpaired) electrons. The number of aryl methyl sites for hydroxylation is 4. The molecular formula is C18H21BO4. The molecular weight excluding hydrogens is 291 g/mol. The molecule has 6 rings (SSSR count). The summed E-state index contributed by atoms with van der Waals surface area (Å²) in [5.41, 5.74) is 4.85. The lowest BCUT2D eigenvalue weighted by molar-refractivity contribution is 0.0510. The van der Waals surface area contributed by atoms with Crippen molar-refractivity contribution in [2.45, 2.75) is 25.7 Å². The van der Waals surface area contributed by atoms with Crippen LogP contribution in [0.4, 0.5) is 0 Å². The quantitative estimate of drug-likeness (QED) is 0.659. The van der Waals surface area contributed by atoms with Crippen LogP contribution < -0.4 is 10.2 Å². The summed E-state index contributed by atoms with van der Waals surface area (Å²) in [7, 11) is -0.00142. The van der Waals surface area contributed by atoms with Crippen LogP contribution in [0.3, 0.4) is 0 Å². The Labute approximate surface area is 136 Å². The zero-order valence-electron chi connectivity index (χ0n) is 13.3. The van der Waals surface area contributed by atoms with E-state index in [9.17, 15) is 10.0 Å². The van der Waals surface area contributed by atoms with Gasteiger partial charge in [-0.15, -0.1) is 0 Å². The van der Waals surface area contributed by atoms with Crippen LogP contribution >= 0.6 is 0 Å². The summed E-state index contributed by atoms with van der Waals surface area (Å²) in [6, 6.07) is 12.7. The molecule has 0 saturated heterocycles. The standard InChI is InChI=1S/C18H21BO4/c1-22-12-23-18-16-9-7-14-4-2-13(3-5-14)6-8-15(10-11-16)17(18)19(20)21/h2-5,10-11,20-21H,6-9,12H2,1H3. The number of hydrogen-bond donors (Lipinski definition) is 2. The summed E-state index contributed by atoms with van der Waals surface area (Å²) < 4.78 is 10.7. The molecule has 2 aromatic rings. The number of benzene rings is 2. The molecule has 0 aliphatic heterocycles. The van der Waals surface area contributed by atoms with Gasteiger partial charge in [0.2, 0.25) is 0 Å². The highest BCUT2D eigenvalue weighted by molar-refractivity contribution is 6.60. The summed E-state index contributed by atoms with van der Waals surface area (Å²) in [6.07, 6.45) is 3.24. The molecule has 4 bridgehead atoms. The Morgan fingerprint density at radius 1 is 0.870 bits per heavy atom. The maximum absolute atomic E-state index is 9.87. The van der Waals surface area contributed by atoms with Crippen LogP contribution in [0, 0.1) is 0 Å². The Morgan fingerprint density at radius 2 is 1.43 bits per heavy atom. The minimum absolute atomic E-state index is 0.0872. The largest absolute Gasteiger partial charge is 0.492 e. The van der Waals surface area contributed by atoms with Crippen molar-refractivity contribution in [2.75, 3.05) is 13.9 Å². The molecule has 4 nitrogen and oxygen atoms in total. The van der Waals surface area contributed by atoms with Gasteiger partial charge in [-0.2, -0.15) is 0 Å². The van der Waals surface area contributed by atoms with Crippen LogP contribution in [0.1, 0.15) is 22.3 Å². The number of rotatable bonds is 4. The first kappa shape index (κ1) is 16.1. The first-order chi connectivity index (χ1) is 11.2. The van der Waals surface area contributed by atoms with Crippen molar-refractivity contribution in [1.29, 1.82) is 0 Å². The van der Waals surface area contributed by atoms with Crippen LogP contribution in [0.15, 0.2) is 36.4 Å². The Balaban J connectivity index is 2.06. The topological polar surface area (TPSA) is 58.9 Å². The highest BCUT2D eigenvalue weighted by Gasteiger charge is 2.24. The average Bonchev–Trinajstić information content (AvgIpc) is 2.55. The molecule has 0 heterocycles. The Morgan fingerprint density at radius 3 is 2.00 bits per heavy atom. The summed E-state index contributed by atoms with van der Waals surface area (Å²) in [5.74, 6) is 0.550. The molecule has 5 heteroatoms.